The lowest BCUT2D eigenvalue weighted by molar-refractivity contribution is -0.384. The van der Waals surface area contributed by atoms with Gasteiger partial charge in [0.25, 0.3) is 5.69 Å². The summed E-state index contributed by atoms with van der Waals surface area (Å²) in [4.78, 5) is 10.1. The summed E-state index contributed by atoms with van der Waals surface area (Å²) in [6, 6.07) is 5.68. The van der Waals surface area contributed by atoms with E-state index in [1.54, 1.807) is 6.07 Å². The Morgan fingerprint density at radius 3 is 2.74 bits per heavy atom. The Balaban J connectivity index is 2.09. The Bertz CT molecular complexity index is 468. The van der Waals surface area contributed by atoms with Gasteiger partial charge in [-0.1, -0.05) is 6.07 Å². The van der Waals surface area contributed by atoms with Crippen LogP contribution in [0, 0.1) is 10.1 Å². The molecule has 0 unspecified atom stereocenters. The maximum absolute atomic E-state index is 10.6. The molecule has 2 rings (SSSR count). The van der Waals surface area contributed by atoms with Gasteiger partial charge in [0.1, 0.15) is 18.3 Å². The van der Waals surface area contributed by atoms with Crippen LogP contribution in [0.3, 0.4) is 0 Å². The third kappa shape index (κ3) is 2.99. The van der Waals surface area contributed by atoms with Gasteiger partial charge >= 0.3 is 0 Å². The van der Waals surface area contributed by atoms with Crippen LogP contribution in [0.5, 0.6) is 0 Å². The maximum atomic E-state index is 10.6. The highest BCUT2D eigenvalue weighted by Crippen LogP contribution is 2.21. The number of ether oxygens (including phenoxy) is 1. The van der Waals surface area contributed by atoms with E-state index in [-0.39, 0.29) is 12.3 Å². The SMILES string of the molecule is O=[N+]([O-])c1cccc(N[C@H]2OC[C@H](O)[C@@H](O)[C@H]2O)c1. The molecule has 1 aromatic carbocycles. The Labute approximate surface area is 108 Å². The van der Waals surface area contributed by atoms with E-state index in [4.69, 9.17) is 4.74 Å². The number of nitrogens with one attached hydrogen (secondary N) is 1. The van der Waals surface area contributed by atoms with Crippen LogP contribution in [0.4, 0.5) is 11.4 Å². The summed E-state index contributed by atoms with van der Waals surface area (Å²) in [5.74, 6) is 0. The van der Waals surface area contributed by atoms with Gasteiger partial charge in [0.2, 0.25) is 0 Å². The van der Waals surface area contributed by atoms with Crippen LogP contribution in [0.1, 0.15) is 0 Å². The summed E-state index contributed by atoms with van der Waals surface area (Å²) in [6.07, 6.45) is -4.76. The second-order valence-corrected chi connectivity index (χ2v) is 4.25. The van der Waals surface area contributed by atoms with Gasteiger partial charge in [-0.25, -0.2) is 0 Å². The molecular formula is C11H14N2O6. The number of benzene rings is 1. The minimum Gasteiger partial charge on any atom is -0.388 e. The number of nitro benzene ring substituents is 1. The minimum absolute atomic E-state index is 0.101. The fourth-order valence-electron chi connectivity index (χ4n) is 1.81. The van der Waals surface area contributed by atoms with Crippen LogP contribution in [0.2, 0.25) is 0 Å². The van der Waals surface area contributed by atoms with E-state index in [1.807, 2.05) is 0 Å². The number of nitrogens with zero attached hydrogens (tertiary/aromatic N) is 1. The van der Waals surface area contributed by atoms with Crippen LogP contribution in [0.15, 0.2) is 24.3 Å². The highest BCUT2D eigenvalue weighted by Gasteiger charge is 2.37. The molecule has 1 aliphatic rings. The first-order chi connectivity index (χ1) is 8.99. The summed E-state index contributed by atoms with van der Waals surface area (Å²) in [7, 11) is 0. The molecule has 8 heteroatoms. The molecule has 1 aromatic rings. The molecule has 0 aliphatic carbocycles. The molecule has 4 N–H and O–H groups in total. The van der Waals surface area contributed by atoms with Crippen molar-refractivity contribution in [1.29, 1.82) is 0 Å². The van der Waals surface area contributed by atoms with Crippen molar-refractivity contribution in [2.45, 2.75) is 24.5 Å². The monoisotopic (exact) mass is 270 g/mol. The van der Waals surface area contributed by atoms with Gasteiger partial charge in [0.05, 0.1) is 11.5 Å². The van der Waals surface area contributed by atoms with E-state index < -0.39 is 29.5 Å². The Kier molecular flexibility index (Phi) is 3.96. The van der Waals surface area contributed by atoms with E-state index >= 15 is 0 Å². The van der Waals surface area contributed by atoms with Gasteiger partial charge < -0.3 is 25.4 Å². The average molecular weight is 270 g/mol. The first kappa shape index (κ1) is 13.7. The lowest BCUT2D eigenvalue weighted by Crippen LogP contribution is -2.55. The number of anilines is 1. The number of rotatable bonds is 3. The zero-order valence-electron chi connectivity index (χ0n) is 9.84. The fourth-order valence-corrected chi connectivity index (χ4v) is 1.81. The second kappa shape index (κ2) is 5.49. The minimum atomic E-state index is -1.33. The largest absolute Gasteiger partial charge is 0.388 e. The predicted molar refractivity (Wildman–Crippen MR) is 64.5 cm³/mol. The predicted octanol–water partition coefficient (Wildman–Crippen LogP) is -0.554. The molecule has 0 amide bonds. The number of hydrogen-bond acceptors (Lipinski definition) is 7. The number of nitro groups is 1. The van der Waals surface area contributed by atoms with Gasteiger partial charge in [-0.15, -0.1) is 0 Å². The Morgan fingerprint density at radius 2 is 2.05 bits per heavy atom. The highest BCUT2D eigenvalue weighted by molar-refractivity contribution is 5.51. The summed E-state index contributed by atoms with van der Waals surface area (Å²) in [6.45, 7) is -0.134. The summed E-state index contributed by atoms with van der Waals surface area (Å²) in [5, 5.41) is 41.9. The quantitative estimate of drug-likeness (QED) is 0.428. The molecule has 4 atom stereocenters. The molecule has 0 radical (unpaired) electrons. The first-order valence-corrected chi connectivity index (χ1v) is 5.66. The second-order valence-electron chi connectivity index (χ2n) is 4.25. The molecule has 1 aliphatic heterocycles. The van der Waals surface area contributed by atoms with Crippen molar-refractivity contribution < 1.29 is 25.0 Å². The van der Waals surface area contributed by atoms with E-state index in [1.165, 1.54) is 18.2 Å². The molecule has 0 spiro atoms. The Morgan fingerprint density at radius 1 is 1.32 bits per heavy atom. The molecule has 0 saturated carbocycles. The molecule has 0 bridgehead atoms. The topological polar surface area (TPSA) is 125 Å². The van der Waals surface area contributed by atoms with E-state index in [2.05, 4.69) is 5.32 Å². The molecule has 1 saturated heterocycles. The van der Waals surface area contributed by atoms with Gasteiger partial charge in [-0.2, -0.15) is 0 Å². The Hall–Kier alpha value is -1.74. The number of aliphatic hydroxyl groups is 3. The van der Waals surface area contributed by atoms with Crippen molar-refractivity contribution in [3.8, 4) is 0 Å². The van der Waals surface area contributed by atoms with E-state index in [0.717, 1.165) is 0 Å². The maximum Gasteiger partial charge on any atom is 0.271 e. The van der Waals surface area contributed by atoms with Crippen molar-refractivity contribution in [2.75, 3.05) is 11.9 Å². The fraction of sp³-hybridized carbons (Fsp3) is 0.455. The third-order valence-corrected chi connectivity index (χ3v) is 2.87. The lowest BCUT2D eigenvalue weighted by Gasteiger charge is -2.35. The third-order valence-electron chi connectivity index (χ3n) is 2.87. The summed E-state index contributed by atoms with van der Waals surface area (Å²) in [5.41, 5.74) is 0.276. The van der Waals surface area contributed by atoms with Crippen molar-refractivity contribution in [2.24, 2.45) is 0 Å². The number of hydrogen-bond donors (Lipinski definition) is 4. The van der Waals surface area contributed by atoms with Crippen molar-refractivity contribution in [3.05, 3.63) is 34.4 Å². The van der Waals surface area contributed by atoms with Gasteiger partial charge in [-0.05, 0) is 6.07 Å². The van der Waals surface area contributed by atoms with E-state index in [9.17, 15) is 25.4 Å². The van der Waals surface area contributed by atoms with Crippen LogP contribution in [-0.2, 0) is 4.74 Å². The van der Waals surface area contributed by atoms with Crippen molar-refractivity contribution >= 4 is 11.4 Å². The lowest BCUT2D eigenvalue weighted by atomic mass is 10.0. The van der Waals surface area contributed by atoms with Crippen LogP contribution < -0.4 is 5.32 Å². The first-order valence-electron chi connectivity index (χ1n) is 5.66. The molecule has 0 aromatic heterocycles. The van der Waals surface area contributed by atoms with Crippen molar-refractivity contribution in [3.63, 3.8) is 0 Å². The molecule has 104 valence electrons. The standard InChI is InChI=1S/C11H14N2O6/c14-8-5-19-11(10(16)9(8)15)12-6-2-1-3-7(4-6)13(17)18/h1-4,8-12,14-16H,5H2/t8-,9+,10+,11-/m0/s1. The normalized spacial score (nSPS) is 30.9. The smallest absolute Gasteiger partial charge is 0.271 e. The zero-order valence-corrected chi connectivity index (χ0v) is 9.84. The molecular weight excluding hydrogens is 256 g/mol. The molecule has 1 heterocycles. The highest BCUT2D eigenvalue weighted by atomic mass is 16.6. The van der Waals surface area contributed by atoms with Crippen LogP contribution in [0.25, 0.3) is 0 Å². The molecule has 8 nitrogen and oxygen atoms in total. The van der Waals surface area contributed by atoms with E-state index in [0.29, 0.717) is 5.69 Å². The van der Waals surface area contributed by atoms with Crippen molar-refractivity contribution in [1.82, 2.24) is 0 Å². The number of aliphatic hydroxyl groups excluding tert-OH is 3. The molecule has 19 heavy (non-hydrogen) atoms. The van der Waals surface area contributed by atoms with Crippen LogP contribution in [-0.4, -0.2) is 51.4 Å². The zero-order chi connectivity index (χ0) is 14.0. The van der Waals surface area contributed by atoms with Gasteiger partial charge in [-0.3, -0.25) is 10.1 Å². The van der Waals surface area contributed by atoms with Gasteiger partial charge in [0.15, 0.2) is 6.23 Å². The van der Waals surface area contributed by atoms with Crippen LogP contribution >= 0.6 is 0 Å². The van der Waals surface area contributed by atoms with Gasteiger partial charge in [0, 0.05) is 17.8 Å². The molecule has 1 fully saturated rings. The summed E-state index contributed by atoms with van der Waals surface area (Å²) >= 11 is 0. The number of non-ortho nitro benzene ring substituents is 1. The average Bonchev–Trinajstić information content (AvgIpc) is 2.40. The summed E-state index contributed by atoms with van der Waals surface area (Å²) < 4.78 is 5.14.